The SMILES string of the molecule is Cc1cc(=O)[nH]c(-c2cccc(NC(=O)Cc3cccc(F)c3)c2)n1. The number of aryl methyl sites for hydroxylation is 1. The van der Waals surface area contributed by atoms with Gasteiger partial charge in [0, 0.05) is 23.0 Å². The topological polar surface area (TPSA) is 74.8 Å². The van der Waals surface area contributed by atoms with E-state index in [0.29, 0.717) is 28.3 Å². The molecule has 3 rings (SSSR count). The number of nitrogens with zero attached hydrogens (tertiary/aromatic N) is 1. The molecular formula is C19H16FN3O2. The highest BCUT2D eigenvalue weighted by Gasteiger charge is 2.07. The molecule has 0 atom stereocenters. The molecule has 0 saturated heterocycles. The maximum atomic E-state index is 13.2. The van der Waals surface area contributed by atoms with E-state index in [9.17, 15) is 14.0 Å². The van der Waals surface area contributed by atoms with Crippen molar-refractivity contribution in [1.82, 2.24) is 9.97 Å². The summed E-state index contributed by atoms with van der Waals surface area (Å²) in [5, 5.41) is 2.77. The number of aromatic amines is 1. The Morgan fingerprint density at radius 1 is 1.16 bits per heavy atom. The smallest absolute Gasteiger partial charge is 0.251 e. The summed E-state index contributed by atoms with van der Waals surface area (Å²) in [6.07, 6.45) is 0.0709. The summed E-state index contributed by atoms with van der Waals surface area (Å²) in [4.78, 5) is 30.7. The van der Waals surface area contributed by atoms with Crippen LogP contribution in [0.5, 0.6) is 0 Å². The summed E-state index contributed by atoms with van der Waals surface area (Å²) in [6, 6.07) is 14.3. The minimum atomic E-state index is -0.373. The van der Waals surface area contributed by atoms with Gasteiger partial charge in [0.2, 0.25) is 5.91 Å². The second-order valence-corrected chi connectivity index (χ2v) is 5.67. The van der Waals surface area contributed by atoms with E-state index >= 15 is 0 Å². The van der Waals surface area contributed by atoms with Crippen LogP contribution in [0.15, 0.2) is 59.4 Å². The molecule has 5 nitrogen and oxygen atoms in total. The Balaban J connectivity index is 1.77. The van der Waals surface area contributed by atoms with Crippen LogP contribution in [0.2, 0.25) is 0 Å². The summed E-state index contributed by atoms with van der Waals surface area (Å²) in [7, 11) is 0. The van der Waals surface area contributed by atoms with Crippen LogP contribution in [-0.2, 0) is 11.2 Å². The number of anilines is 1. The van der Waals surface area contributed by atoms with Crippen LogP contribution in [0.1, 0.15) is 11.3 Å². The molecule has 2 aromatic carbocycles. The molecule has 0 fully saturated rings. The molecule has 0 unspecified atom stereocenters. The minimum absolute atomic E-state index is 0.0709. The number of carbonyl (C=O) groups is 1. The highest BCUT2D eigenvalue weighted by atomic mass is 19.1. The summed E-state index contributed by atoms with van der Waals surface area (Å²) in [5.74, 6) is -0.193. The minimum Gasteiger partial charge on any atom is -0.326 e. The number of rotatable bonds is 4. The van der Waals surface area contributed by atoms with Gasteiger partial charge in [0.25, 0.3) is 5.56 Å². The zero-order valence-corrected chi connectivity index (χ0v) is 13.5. The van der Waals surface area contributed by atoms with Crippen molar-refractivity contribution in [3.8, 4) is 11.4 Å². The molecule has 126 valence electrons. The fourth-order valence-electron chi connectivity index (χ4n) is 2.50. The Labute approximate surface area is 143 Å². The lowest BCUT2D eigenvalue weighted by Gasteiger charge is -2.08. The number of aromatic nitrogens is 2. The van der Waals surface area contributed by atoms with Gasteiger partial charge in [0.1, 0.15) is 11.6 Å². The predicted octanol–water partition coefficient (Wildman–Crippen LogP) is 3.07. The first-order valence-corrected chi connectivity index (χ1v) is 7.72. The number of hydrogen-bond acceptors (Lipinski definition) is 3. The lowest BCUT2D eigenvalue weighted by molar-refractivity contribution is -0.115. The molecule has 1 amide bonds. The first kappa shape index (κ1) is 16.6. The molecule has 25 heavy (non-hydrogen) atoms. The summed E-state index contributed by atoms with van der Waals surface area (Å²) >= 11 is 0. The molecule has 6 heteroatoms. The van der Waals surface area contributed by atoms with Crippen molar-refractivity contribution >= 4 is 11.6 Å². The Kier molecular flexibility index (Phi) is 4.70. The number of carbonyl (C=O) groups excluding carboxylic acids is 1. The van der Waals surface area contributed by atoms with Crippen LogP contribution >= 0.6 is 0 Å². The normalized spacial score (nSPS) is 10.5. The number of benzene rings is 2. The maximum absolute atomic E-state index is 13.2. The van der Waals surface area contributed by atoms with E-state index in [1.54, 1.807) is 43.3 Å². The van der Waals surface area contributed by atoms with Gasteiger partial charge in [-0.2, -0.15) is 0 Å². The number of halogens is 1. The number of nitrogens with one attached hydrogen (secondary N) is 2. The van der Waals surface area contributed by atoms with Gasteiger partial charge < -0.3 is 10.3 Å². The molecule has 1 heterocycles. The average molecular weight is 337 g/mol. The van der Waals surface area contributed by atoms with Crippen LogP contribution in [0.3, 0.4) is 0 Å². The number of H-pyrrole nitrogens is 1. The van der Waals surface area contributed by atoms with Gasteiger partial charge >= 0.3 is 0 Å². The summed E-state index contributed by atoms with van der Waals surface area (Å²) in [6.45, 7) is 1.74. The third-order valence-electron chi connectivity index (χ3n) is 3.54. The van der Waals surface area contributed by atoms with Crippen molar-refractivity contribution in [2.24, 2.45) is 0 Å². The molecule has 0 aliphatic rings. The third-order valence-corrected chi connectivity index (χ3v) is 3.54. The van der Waals surface area contributed by atoms with E-state index < -0.39 is 0 Å². The molecule has 1 aromatic heterocycles. The van der Waals surface area contributed by atoms with Crippen molar-refractivity contribution in [2.75, 3.05) is 5.32 Å². The molecule has 2 N–H and O–H groups in total. The van der Waals surface area contributed by atoms with Gasteiger partial charge in [0.15, 0.2) is 0 Å². The van der Waals surface area contributed by atoms with E-state index in [-0.39, 0.29) is 23.7 Å². The standard InChI is InChI=1S/C19H16FN3O2/c1-12-8-17(24)23-19(21-12)14-5-3-7-16(11-14)22-18(25)10-13-4-2-6-15(20)9-13/h2-9,11H,10H2,1H3,(H,22,25)(H,21,23,24). The highest BCUT2D eigenvalue weighted by molar-refractivity contribution is 5.92. The van der Waals surface area contributed by atoms with Crippen LogP contribution in [0.25, 0.3) is 11.4 Å². The Morgan fingerprint density at radius 3 is 2.72 bits per heavy atom. The first-order valence-electron chi connectivity index (χ1n) is 7.72. The fourth-order valence-corrected chi connectivity index (χ4v) is 2.50. The fraction of sp³-hybridized carbons (Fsp3) is 0.105. The van der Waals surface area contributed by atoms with E-state index in [2.05, 4.69) is 15.3 Å². The summed E-state index contributed by atoms with van der Waals surface area (Å²) < 4.78 is 13.2. The van der Waals surface area contributed by atoms with E-state index in [4.69, 9.17) is 0 Å². The number of hydrogen-bond donors (Lipinski definition) is 2. The quantitative estimate of drug-likeness (QED) is 0.768. The average Bonchev–Trinajstić information content (AvgIpc) is 2.54. The number of amides is 1. The van der Waals surface area contributed by atoms with E-state index in [1.807, 2.05) is 0 Å². The predicted molar refractivity (Wildman–Crippen MR) is 93.8 cm³/mol. The Hall–Kier alpha value is -3.28. The zero-order valence-electron chi connectivity index (χ0n) is 13.5. The molecular weight excluding hydrogens is 321 g/mol. The van der Waals surface area contributed by atoms with Gasteiger partial charge in [-0.05, 0) is 36.8 Å². The maximum Gasteiger partial charge on any atom is 0.251 e. The Bertz CT molecular complexity index is 982. The molecule has 0 bridgehead atoms. The largest absolute Gasteiger partial charge is 0.326 e. The summed E-state index contributed by atoms with van der Waals surface area (Å²) in [5.41, 5.74) is 2.23. The van der Waals surface area contributed by atoms with Crippen molar-refractivity contribution in [3.63, 3.8) is 0 Å². The second-order valence-electron chi connectivity index (χ2n) is 5.67. The van der Waals surface area contributed by atoms with Crippen molar-refractivity contribution in [2.45, 2.75) is 13.3 Å². The third kappa shape index (κ3) is 4.38. The van der Waals surface area contributed by atoms with Crippen LogP contribution in [0, 0.1) is 12.7 Å². The monoisotopic (exact) mass is 337 g/mol. The van der Waals surface area contributed by atoms with Crippen LogP contribution < -0.4 is 10.9 Å². The van der Waals surface area contributed by atoms with Crippen molar-refractivity contribution in [3.05, 3.63) is 82.0 Å². The lowest BCUT2D eigenvalue weighted by atomic mass is 10.1. The molecule has 0 aliphatic heterocycles. The van der Waals surface area contributed by atoms with Crippen LogP contribution in [0.4, 0.5) is 10.1 Å². The van der Waals surface area contributed by atoms with Gasteiger partial charge in [-0.1, -0.05) is 24.3 Å². The first-order chi connectivity index (χ1) is 12.0. The molecule has 0 spiro atoms. The van der Waals surface area contributed by atoms with Gasteiger partial charge in [-0.15, -0.1) is 0 Å². The highest BCUT2D eigenvalue weighted by Crippen LogP contribution is 2.19. The van der Waals surface area contributed by atoms with Gasteiger partial charge in [0.05, 0.1) is 6.42 Å². The zero-order chi connectivity index (χ0) is 17.8. The lowest BCUT2D eigenvalue weighted by Crippen LogP contribution is -2.14. The molecule has 3 aromatic rings. The molecule has 0 radical (unpaired) electrons. The molecule has 0 aliphatic carbocycles. The van der Waals surface area contributed by atoms with E-state index in [0.717, 1.165) is 0 Å². The van der Waals surface area contributed by atoms with E-state index in [1.165, 1.54) is 18.2 Å². The van der Waals surface area contributed by atoms with Crippen molar-refractivity contribution < 1.29 is 9.18 Å². The van der Waals surface area contributed by atoms with Crippen LogP contribution in [-0.4, -0.2) is 15.9 Å². The van der Waals surface area contributed by atoms with Gasteiger partial charge in [-0.3, -0.25) is 9.59 Å². The Morgan fingerprint density at radius 2 is 1.96 bits per heavy atom. The van der Waals surface area contributed by atoms with Crippen molar-refractivity contribution in [1.29, 1.82) is 0 Å². The second kappa shape index (κ2) is 7.09. The van der Waals surface area contributed by atoms with Gasteiger partial charge in [-0.25, -0.2) is 9.37 Å². The molecule has 0 saturated carbocycles.